The molecule has 1 unspecified atom stereocenters. The van der Waals surface area contributed by atoms with Gasteiger partial charge in [-0.3, -0.25) is 4.79 Å². The van der Waals surface area contributed by atoms with Crippen LogP contribution in [0.3, 0.4) is 0 Å². The van der Waals surface area contributed by atoms with Gasteiger partial charge in [-0.25, -0.2) is 13.4 Å². The maximum atomic E-state index is 13.4. The average Bonchev–Trinajstić information content (AvgIpc) is 3.48. The second-order valence-electron chi connectivity index (χ2n) is 10.2. The van der Waals surface area contributed by atoms with Gasteiger partial charge in [0, 0.05) is 44.7 Å². The van der Waals surface area contributed by atoms with Crippen molar-refractivity contribution >= 4 is 32.7 Å². The number of amides is 1. The zero-order valence-corrected chi connectivity index (χ0v) is 21.3. The number of anilines is 1. The molecule has 188 valence electrons. The maximum absolute atomic E-state index is 13.4. The number of carbonyl (C=O) groups is 1. The first-order valence-electron chi connectivity index (χ1n) is 13.0. The summed E-state index contributed by atoms with van der Waals surface area (Å²) >= 11 is 0. The molecule has 8 heteroatoms. The largest absolute Gasteiger partial charge is 0.356 e. The Morgan fingerprint density at radius 2 is 1.69 bits per heavy atom. The van der Waals surface area contributed by atoms with Gasteiger partial charge in [0.15, 0.2) is 0 Å². The predicted octanol–water partition coefficient (Wildman–Crippen LogP) is 3.82. The van der Waals surface area contributed by atoms with Crippen molar-refractivity contribution in [3.63, 3.8) is 0 Å². The van der Waals surface area contributed by atoms with E-state index in [-0.39, 0.29) is 11.8 Å². The average molecular weight is 505 g/mol. The van der Waals surface area contributed by atoms with Crippen molar-refractivity contribution in [3.05, 3.63) is 65.7 Å². The summed E-state index contributed by atoms with van der Waals surface area (Å²) in [7, 11) is -3.45. The highest BCUT2D eigenvalue weighted by molar-refractivity contribution is 7.89. The molecular formula is C28H32N4O3S. The van der Waals surface area contributed by atoms with Crippen molar-refractivity contribution in [1.82, 2.24) is 14.2 Å². The SMILES string of the molecule is O=C(C1CCCN(c2ccc3cc(S(=O)(=O)N4CCCC4)ccc3n2)C1)N1CCc2ccccc2C1. The number of rotatable bonds is 4. The molecule has 6 rings (SSSR count). The van der Waals surface area contributed by atoms with E-state index in [4.69, 9.17) is 4.98 Å². The topological polar surface area (TPSA) is 73.8 Å². The Hall–Kier alpha value is -2.97. The molecule has 0 spiro atoms. The van der Waals surface area contributed by atoms with Crippen LogP contribution in [-0.2, 0) is 27.8 Å². The van der Waals surface area contributed by atoms with E-state index >= 15 is 0 Å². The molecule has 2 saturated heterocycles. The molecule has 36 heavy (non-hydrogen) atoms. The van der Waals surface area contributed by atoms with Crippen molar-refractivity contribution < 1.29 is 13.2 Å². The summed E-state index contributed by atoms with van der Waals surface area (Å²) in [5, 5.41) is 0.815. The number of benzene rings is 2. The smallest absolute Gasteiger partial charge is 0.243 e. The van der Waals surface area contributed by atoms with E-state index in [1.54, 1.807) is 22.5 Å². The van der Waals surface area contributed by atoms with E-state index in [1.807, 2.05) is 23.1 Å². The Morgan fingerprint density at radius 1 is 0.889 bits per heavy atom. The van der Waals surface area contributed by atoms with Gasteiger partial charge in [-0.15, -0.1) is 0 Å². The van der Waals surface area contributed by atoms with Crippen LogP contribution in [-0.4, -0.2) is 61.2 Å². The molecule has 3 aliphatic heterocycles. The number of piperidine rings is 1. The van der Waals surface area contributed by atoms with Gasteiger partial charge in [0.25, 0.3) is 0 Å². The van der Waals surface area contributed by atoms with Gasteiger partial charge in [0.05, 0.1) is 16.3 Å². The number of aromatic nitrogens is 1. The lowest BCUT2D eigenvalue weighted by Gasteiger charge is -2.37. The molecule has 0 saturated carbocycles. The van der Waals surface area contributed by atoms with Crippen LogP contribution in [0, 0.1) is 5.92 Å². The molecule has 0 radical (unpaired) electrons. The number of pyridine rings is 1. The number of fused-ring (bicyclic) bond motifs is 2. The van der Waals surface area contributed by atoms with Crippen LogP contribution in [0.4, 0.5) is 5.82 Å². The number of carbonyl (C=O) groups excluding carboxylic acids is 1. The van der Waals surface area contributed by atoms with Crippen molar-refractivity contribution in [2.75, 3.05) is 37.6 Å². The molecule has 0 N–H and O–H groups in total. The van der Waals surface area contributed by atoms with Crippen LogP contribution in [0.25, 0.3) is 10.9 Å². The third kappa shape index (κ3) is 4.37. The van der Waals surface area contributed by atoms with Crippen LogP contribution in [0.2, 0.25) is 0 Å². The zero-order chi connectivity index (χ0) is 24.7. The molecular weight excluding hydrogens is 472 g/mol. The molecule has 3 aromatic rings. The summed E-state index contributed by atoms with van der Waals surface area (Å²) in [5.74, 6) is 1.06. The lowest BCUT2D eigenvalue weighted by molar-refractivity contribution is -0.136. The first-order chi connectivity index (χ1) is 17.5. The van der Waals surface area contributed by atoms with Gasteiger partial charge in [-0.1, -0.05) is 24.3 Å². The monoisotopic (exact) mass is 504 g/mol. The molecule has 1 aromatic heterocycles. The summed E-state index contributed by atoms with van der Waals surface area (Å²) in [6.45, 7) is 4.20. The van der Waals surface area contributed by atoms with Crippen LogP contribution >= 0.6 is 0 Å². The third-order valence-corrected chi connectivity index (χ3v) is 9.78. The minimum Gasteiger partial charge on any atom is -0.356 e. The van der Waals surface area contributed by atoms with Gasteiger partial charge in [-0.05, 0) is 73.6 Å². The Labute approximate surface area is 212 Å². The number of hydrogen-bond acceptors (Lipinski definition) is 5. The second kappa shape index (κ2) is 9.48. The molecule has 0 aliphatic carbocycles. The summed E-state index contributed by atoms with van der Waals surface area (Å²) in [4.78, 5) is 22.8. The molecule has 2 fully saturated rings. The van der Waals surface area contributed by atoms with E-state index in [1.165, 1.54) is 11.1 Å². The fourth-order valence-corrected chi connectivity index (χ4v) is 7.39. The molecule has 1 atom stereocenters. The lowest BCUT2D eigenvalue weighted by Crippen LogP contribution is -2.46. The Balaban J connectivity index is 1.18. The van der Waals surface area contributed by atoms with Gasteiger partial charge >= 0.3 is 0 Å². The fourth-order valence-electron chi connectivity index (χ4n) is 5.84. The quantitative estimate of drug-likeness (QED) is 0.540. The van der Waals surface area contributed by atoms with Gasteiger partial charge in [0.2, 0.25) is 15.9 Å². The number of nitrogens with zero attached hydrogens (tertiary/aromatic N) is 4. The summed E-state index contributed by atoms with van der Waals surface area (Å²) < 4.78 is 27.5. The highest BCUT2D eigenvalue weighted by Gasteiger charge is 2.32. The summed E-state index contributed by atoms with van der Waals surface area (Å²) in [5.41, 5.74) is 3.38. The van der Waals surface area contributed by atoms with Gasteiger partial charge < -0.3 is 9.80 Å². The normalized spacial score (nSPS) is 21.1. The fraction of sp³-hybridized carbons (Fsp3) is 0.429. The summed E-state index contributed by atoms with van der Waals surface area (Å²) in [6.07, 6.45) is 4.61. The van der Waals surface area contributed by atoms with Crippen molar-refractivity contribution in [2.45, 2.75) is 43.5 Å². The standard InChI is InChI=1S/C28H32N4O3S/c33-28(31-17-13-21-6-1-2-7-23(21)19-31)24-8-5-14-30(20-24)27-12-9-22-18-25(10-11-26(22)29-27)36(34,35)32-15-3-4-16-32/h1-2,6-7,9-12,18,24H,3-5,8,13-17,19-20H2. The second-order valence-corrected chi connectivity index (χ2v) is 12.1. The minimum absolute atomic E-state index is 0.0329. The number of hydrogen-bond donors (Lipinski definition) is 0. The molecule has 2 aromatic carbocycles. The Morgan fingerprint density at radius 3 is 2.53 bits per heavy atom. The van der Waals surface area contributed by atoms with E-state index in [0.29, 0.717) is 31.1 Å². The van der Waals surface area contributed by atoms with E-state index in [9.17, 15) is 13.2 Å². The molecule has 7 nitrogen and oxygen atoms in total. The molecule has 3 aliphatic rings. The van der Waals surface area contributed by atoms with E-state index < -0.39 is 10.0 Å². The van der Waals surface area contributed by atoms with Crippen LogP contribution < -0.4 is 4.90 Å². The first kappa shape index (κ1) is 23.4. The van der Waals surface area contributed by atoms with Gasteiger partial charge in [0.1, 0.15) is 5.82 Å². The van der Waals surface area contributed by atoms with E-state index in [0.717, 1.165) is 61.9 Å². The van der Waals surface area contributed by atoms with Crippen LogP contribution in [0.15, 0.2) is 59.5 Å². The molecule has 0 bridgehead atoms. The summed E-state index contributed by atoms with van der Waals surface area (Å²) in [6, 6.07) is 17.5. The molecule has 4 heterocycles. The third-order valence-electron chi connectivity index (χ3n) is 7.89. The Bertz CT molecular complexity index is 1400. The zero-order valence-electron chi connectivity index (χ0n) is 20.5. The van der Waals surface area contributed by atoms with Gasteiger partial charge in [-0.2, -0.15) is 4.31 Å². The molecule has 1 amide bonds. The van der Waals surface area contributed by atoms with Crippen molar-refractivity contribution in [1.29, 1.82) is 0 Å². The number of sulfonamides is 1. The Kier molecular flexibility index (Phi) is 6.17. The lowest BCUT2D eigenvalue weighted by atomic mass is 9.94. The van der Waals surface area contributed by atoms with E-state index in [2.05, 4.69) is 23.1 Å². The van der Waals surface area contributed by atoms with Crippen molar-refractivity contribution in [3.8, 4) is 0 Å². The minimum atomic E-state index is -3.45. The van der Waals surface area contributed by atoms with Crippen LogP contribution in [0.1, 0.15) is 36.8 Å². The maximum Gasteiger partial charge on any atom is 0.243 e. The predicted molar refractivity (Wildman–Crippen MR) is 140 cm³/mol. The highest BCUT2D eigenvalue weighted by Crippen LogP contribution is 2.29. The van der Waals surface area contributed by atoms with Crippen molar-refractivity contribution in [2.24, 2.45) is 5.92 Å². The van der Waals surface area contributed by atoms with Crippen LogP contribution in [0.5, 0.6) is 0 Å². The first-order valence-corrected chi connectivity index (χ1v) is 14.4. The highest BCUT2D eigenvalue weighted by atomic mass is 32.2.